The SMILES string of the molecule is NC(=O)c1cc(F)ccc1Oc1cccc(-c2ccccc2)c1. The molecule has 0 bridgehead atoms. The molecule has 23 heavy (non-hydrogen) atoms. The van der Waals surface area contributed by atoms with Crippen LogP contribution in [0.4, 0.5) is 4.39 Å². The number of rotatable bonds is 4. The summed E-state index contributed by atoms with van der Waals surface area (Å²) in [5.41, 5.74) is 7.31. The summed E-state index contributed by atoms with van der Waals surface area (Å²) in [5.74, 6) is -0.507. The van der Waals surface area contributed by atoms with Crippen molar-refractivity contribution in [2.45, 2.75) is 0 Å². The van der Waals surface area contributed by atoms with Crippen molar-refractivity contribution in [1.82, 2.24) is 0 Å². The molecule has 0 aliphatic carbocycles. The maximum Gasteiger partial charge on any atom is 0.252 e. The number of primary amides is 1. The van der Waals surface area contributed by atoms with Gasteiger partial charge in [0.15, 0.2) is 0 Å². The monoisotopic (exact) mass is 307 g/mol. The first-order valence-corrected chi connectivity index (χ1v) is 7.06. The number of nitrogens with two attached hydrogens (primary N) is 1. The van der Waals surface area contributed by atoms with Crippen LogP contribution in [0.15, 0.2) is 72.8 Å². The Morgan fingerprint density at radius 1 is 0.870 bits per heavy atom. The molecule has 4 heteroatoms. The molecule has 0 aromatic heterocycles. The van der Waals surface area contributed by atoms with Crippen LogP contribution in [-0.2, 0) is 0 Å². The summed E-state index contributed by atoms with van der Waals surface area (Å²) in [5, 5.41) is 0. The number of hydrogen-bond donors (Lipinski definition) is 1. The van der Waals surface area contributed by atoms with Crippen LogP contribution in [0.5, 0.6) is 11.5 Å². The molecule has 2 N–H and O–H groups in total. The van der Waals surface area contributed by atoms with Crippen LogP contribution in [0, 0.1) is 5.82 Å². The third-order valence-corrected chi connectivity index (χ3v) is 3.38. The third kappa shape index (κ3) is 3.37. The van der Waals surface area contributed by atoms with E-state index in [9.17, 15) is 9.18 Å². The molecule has 0 spiro atoms. The number of ether oxygens (including phenoxy) is 1. The highest BCUT2D eigenvalue weighted by Crippen LogP contribution is 2.29. The van der Waals surface area contributed by atoms with Gasteiger partial charge in [0, 0.05) is 0 Å². The van der Waals surface area contributed by atoms with E-state index in [1.165, 1.54) is 12.1 Å². The zero-order valence-corrected chi connectivity index (χ0v) is 12.2. The van der Waals surface area contributed by atoms with E-state index in [4.69, 9.17) is 10.5 Å². The van der Waals surface area contributed by atoms with E-state index in [-0.39, 0.29) is 11.3 Å². The molecule has 0 fully saturated rings. The molecule has 0 aliphatic heterocycles. The van der Waals surface area contributed by atoms with Crippen molar-refractivity contribution in [3.05, 3.63) is 84.2 Å². The molecular weight excluding hydrogens is 293 g/mol. The molecule has 0 aliphatic rings. The Hall–Kier alpha value is -3.14. The Morgan fingerprint density at radius 2 is 1.61 bits per heavy atom. The van der Waals surface area contributed by atoms with Crippen molar-refractivity contribution in [1.29, 1.82) is 0 Å². The highest BCUT2D eigenvalue weighted by molar-refractivity contribution is 5.95. The second-order valence-electron chi connectivity index (χ2n) is 5.00. The highest BCUT2D eigenvalue weighted by atomic mass is 19.1. The van der Waals surface area contributed by atoms with Gasteiger partial charge in [-0.15, -0.1) is 0 Å². The molecule has 0 heterocycles. The van der Waals surface area contributed by atoms with Gasteiger partial charge in [-0.25, -0.2) is 4.39 Å². The number of benzene rings is 3. The smallest absolute Gasteiger partial charge is 0.252 e. The van der Waals surface area contributed by atoms with Gasteiger partial charge in [-0.3, -0.25) is 4.79 Å². The summed E-state index contributed by atoms with van der Waals surface area (Å²) in [6, 6.07) is 20.9. The third-order valence-electron chi connectivity index (χ3n) is 3.38. The highest BCUT2D eigenvalue weighted by Gasteiger charge is 2.12. The zero-order chi connectivity index (χ0) is 16.2. The topological polar surface area (TPSA) is 52.3 Å². The number of hydrogen-bond acceptors (Lipinski definition) is 2. The first kappa shape index (κ1) is 14.8. The van der Waals surface area contributed by atoms with E-state index in [0.29, 0.717) is 5.75 Å². The average Bonchev–Trinajstić information content (AvgIpc) is 2.57. The molecule has 3 nitrogen and oxygen atoms in total. The lowest BCUT2D eigenvalue weighted by Gasteiger charge is -2.10. The molecule has 3 aromatic rings. The van der Waals surface area contributed by atoms with Gasteiger partial charge in [0.05, 0.1) is 5.56 Å². The Labute approximate surface area is 133 Å². The fourth-order valence-electron chi connectivity index (χ4n) is 2.28. The van der Waals surface area contributed by atoms with Gasteiger partial charge in [0.2, 0.25) is 0 Å². The van der Waals surface area contributed by atoms with Crippen LogP contribution < -0.4 is 10.5 Å². The largest absolute Gasteiger partial charge is 0.457 e. The zero-order valence-electron chi connectivity index (χ0n) is 12.2. The minimum absolute atomic E-state index is 0.00936. The molecule has 114 valence electrons. The van der Waals surface area contributed by atoms with Gasteiger partial charge in [0.1, 0.15) is 17.3 Å². The molecule has 0 atom stereocenters. The molecule has 0 unspecified atom stereocenters. The number of carbonyl (C=O) groups excluding carboxylic acids is 1. The maximum atomic E-state index is 13.3. The fourth-order valence-corrected chi connectivity index (χ4v) is 2.28. The number of halogens is 1. The second kappa shape index (κ2) is 6.32. The Balaban J connectivity index is 1.94. The molecule has 0 saturated heterocycles. The quantitative estimate of drug-likeness (QED) is 0.777. The summed E-state index contributed by atoms with van der Waals surface area (Å²) >= 11 is 0. The lowest BCUT2D eigenvalue weighted by molar-refractivity contribution is 0.0997. The van der Waals surface area contributed by atoms with E-state index in [2.05, 4.69) is 0 Å². The molecule has 0 saturated carbocycles. The summed E-state index contributed by atoms with van der Waals surface area (Å²) in [4.78, 5) is 11.4. The van der Waals surface area contributed by atoms with Gasteiger partial charge in [0.25, 0.3) is 5.91 Å². The van der Waals surface area contributed by atoms with E-state index in [1.54, 1.807) is 6.07 Å². The molecule has 3 aromatic carbocycles. The predicted octanol–water partition coefficient (Wildman–Crippen LogP) is 4.38. The van der Waals surface area contributed by atoms with Gasteiger partial charge in [-0.05, 0) is 41.5 Å². The van der Waals surface area contributed by atoms with Gasteiger partial charge in [-0.2, -0.15) is 0 Å². The Bertz CT molecular complexity index is 847. The van der Waals surface area contributed by atoms with Crippen LogP contribution in [-0.4, -0.2) is 5.91 Å². The van der Waals surface area contributed by atoms with Crippen LogP contribution in [0.1, 0.15) is 10.4 Å². The summed E-state index contributed by atoms with van der Waals surface area (Å²) in [6.45, 7) is 0. The average molecular weight is 307 g/mol. The Kier molecular flexibility index (Phi) is 4.06. The maximum absolute atomic E-state index is 13.3. The number of carbonyl (C=O) groups is 1. The van der Waals surface area contributed by atoms with E-state index in [0.717, 1.165) is 17.2 Å². The van der Waals surface area contributed by atoms with Crippen molar-refractivity contribution < 1.29 is 13.9 Å². The standard InChI is InChI=1S/C19H14FNO2/c20-15-9-10-18(17(12-15)19(21)22)23-16-8-4-7-14(11-16)13-5-2-1-3-6-13/h1-12H,(H2,21,22). The molecule has 3 rings (SSSR count). The normalized spacial score (nSPS) is 10.3. The van der Waals surface area contributed by atoms with Crippen LogP contribution in [0.3, 0.4) is 0 Å². The minimum Gasteiger partial charge on any atom is -0.457 e. The summed E-state index contributed by atoms with van der Waals surface area (Å²) in [7, 11) is 0. The van der Waals surface area contributed by atoms with E-state index < -0.39 is 11.7 Å². The van der Waals surface area contributed by atoms with Gasteiger partial charge < -0.3 is 10.5 Å². The lowest BCUT2D eigenvalue weighted by Crippen LogP contribution is -2.12. The van der Waals surface area contributed by atoms with Crippen LogP contribution in [0.2, 0.25) is 0 Å². The Morgan fingerprint density at radius 3 is 2.35 bits per heavy atom. The predicted molar refractivity (Wildman–Crippen MR) is 86.9 cm³/mol. The van der Waals surface area contributed by atoms with E-state index in [1.807, 2.05) is 48.5 Å². The minimum atomic E-state index is -0.737. The van der Waals surface area contributed by atoms with Crippen LogP contribution >= 0.6 is 0 Å². The summed E-state index contributed by atoms with van der Waals surface area (Å²) in [6.07, 6.45) is 0. The van der Waals surface area contributed by atoms with Crippen LogP contribution in [0.25, 0.3) is 11.1 Å². The molecule has 0 radical (unpaired) electrons. The van der Waals surface area contributed by atoms with Crippen molar-refractivity contribution in [2.75, 3.05) is 0 Å². The first-order chi connectivity index (χ1) is 11.1. The second-order valence-corrected chi connectivity index (χ2v) is 5.00. The molecule has 1 amide bonds. The van der Waals surface area contributed by atoms with E-state index >= 15 is 0 Å². The number of amides is 1. The van der Waals surface area contributed by atoms with Crippen molar-refractivity contribution in [2.24, 2.45) is 5.73 Å². The first-order valence-electron chi connectivity index (χ1n) is 7.06. The lowest BCUT2D eigenvalue weighted by atomic mass is 10.1. The van der Waals surface area contributed by atoms with Crippen molar-refractivity contribution in [3.63, 3.8) is 0 Å². The van der Waals surface area contributed by atoms with Crippen molar-refractivity contribution >= 4 is 5.91 Å². The fraction of sp³-hybridized carbons (Fsp3) is 0. The van der Waals surface area contributed by atoms with Gasteiger partial charge >= 0.3 is 0 Å². The summed E-state index contributed by atoms with van der Waals surface area (Å²) < 4.78 is 19.0. The molecular formula is C19H14FNO2. The van der Waals surface area contributed by atoms with Gasteiger partial charge in [-0.1, -0.05) is 42.5 Å². The van der Waals surface area contributed by atoms with Crippen molar-refractivity contribution in [3.8, 4) is 22.6 Å².